The first-order valence-electron chi connectivity index (χ1n) is 6.68. The molecule has 0 heterocycles. The summed E-state index contributed by atoms with van der Waals surface area (Å²) in [6, 6.07) is 0. The molecule has 0 aromatic carbocycles. The van der Waals surface area contributed by atoms with Crippen LogP contribution in [-0.2, 0) is 4.79 Å². The largest absolute Gasteiger partial charge is 0.339 e. The molecule has 0 rings (SSSR count). The summed E-state index contributed by atoms with van der Waals surface area (Å²) in [7, 11) is 8.24. The van der Waals surface area contributed by atoms with Gasteiger partial charge in [0.05, 0.1) is 0 Å². The molecule has 1 amide bonds. The van der Waals surface area contributed by atoms with Crippen molar-refractivity contribution in [2.45, 2.75) is 19.8 Å². The maximum Gasteiger partial charge on any atom is 0.246 e. The molecular formula is C14H29N3O. The van der Waals surface area contributed by atoms with E-state index < -0.39 is 0 Å². The number of rotatable bonds is 9. The van der Waals surface area contributed by atoms with Gasteiger partial charge in [-0.3, -0.25) is 4.79 Å². The van der Waals surface area contributed by atoms with Crippen LogP contribution in [0.2, 0.25) is 0 Å². The molecule has 0 atom stereocenters. The predicted molar refractivity (Wildman–Crippen MR) is 77.7 cm³/mol. The Kier molecular flexibility index (Phi) is 9.60. The van der Waals surface area contributed by atoms with Crippen molar-refractivity contribution in [1.82, 2.24) is 14.7 Å². The highest BCUT2D eigenvalue weighted by atomic mass is 16.2. The van der Waals surface area contributed by atoms with Crippen LogP contribution in [0.3, 0.4) is 0 Å². The van der Waals surface area contributed by atoms with Crippen LogP contribution < -0.4 is 0 Å². The molecule has 18 heavy (non-hydrogen) atoms. The fourth-order valence-corrected chi connectivity index (χ4v) is 1.74. The maximum absolute atomic E-state index is 11.9. The summed E-state index contributed by atoms with van der Waals surface area (Å²) in [4.78, 5) is 18.2. The number of hydrogen-bond acceptors (Lipinski definition) is 3. The van der Waals surface area contributed by atoms with Gasteiger partial charge in [0.2, 0.25) is 5.91 Å². The summed E-state index contributed by atoms with van der Waals surface area (Å²) in [6.45, 7) is 5.61. The Morgan fingerprint density at radius 3 is 1.67 bits per heavy atom. The van der Waals surface area contributed by atoms with Crippen LogP contribution in [0.15, 0.2) is 12.2 Å². The average molecular weight is 255 g/mol. The Morgan fingerprint density at radius 2 is 1.33 bits per heavy atom. The fourth-order valence-electron chi connectivity index (χ4n) is 1.74. The van der Waals surface area contributed by atoms with Crippen molar-refractivity contribution in [2.24, 2.45) is 0 Å². The van der Waals surface area contributed by atoms with E-state index in [-0.39, 0.29) is 5.91 Å². The molecule has 0 saturated carbocycles. The minimum atomic E-state index is 0.134. The van der Waals surface area contributed by atoms with Crippen molar-refractivity contribution < 1.29 is 4.79 Å². The zero-order valence-corrected chi connectivity index (χ0v) is 12.6. The van der Waals surface area contributed by atoms with Gasteiger partial charge in [-0.1, -0.05) is 6.08 Å². The van der Waals surface area contributed by atoms with E-state index in [9.17, 15) is 4.79 Å². The number of hydrogen-bond donors (Lipinski definition) is 0. The van der Waals surface area contributed by atoms with Gasteiger partial charge in [-0.25, -0.2) is 0 Å². The second-order valence-electron chi connectivity index (χ2n) is 5.14. The molecule has 4 heteroatoms. The quantitative estimate of drug-likeness (QED) is 0.581. The normalized spacial score (nSPS) is 11.7. The number of carbonyl (C=O) groups excluding carboxylic acids is 1. The predicted octanol–water partition coefficient (Wildman–Crippen LogP) is 1.29. The van der Waals surface area contributed by atoms with E-state index in [1.165, 1.54) is 0 Å². The summed E-state index contributed by atoms with van der Waals surface area (Å²) in [5.74, 6) is 0.134. The highest BCUT2D eigenvalue weighted by Gasteiger charge is 2.09. The van der Waals surface area contributed by atoms with Crippen LogP contribution in [0.1, 0.15) is 19.8 Å². The van der Waals surface area contributed by atoms with Gasteiger partial charge >= 0.3 is 0 Å². The zero-order valence-electron chi connectivity index (χ0n) is 12.6. The van der Waals surface area contributed by atoms with Gasteiger partial charge in [0.15, 0.2) is 0 Å². The SMILES string of the molecule is CC=CC(=O)N(CCCN(C)C)CCCN(C)C. The highest BCUT2D eigenvalue weighted by Crippen LogP contribution is 1.99. The van der Waals surface area contributed by atoms with Crippen LogP contribution in [0.5, 0.6) is 0 Å². The first kappa shape index (κ1) is 17.1. The monoisotopic (exact) mass is 255 g/mol. The van der Waals surface area contributed by atoms with Crippen molar-refractivity contribution in [3.8, 4) is 0 Å². The van der Waals surface area contributed by atoms with Gasteiger partial charge in [-0.15, -0.1) is 0 Å². The summed E-state index contributed by atoms with van der Waals surface area (Å²) in [5, 5.41) is 0. The van der Waals surface area contributed by atoms with Gasteiger partial charge in [-0.05, 0) is 67.1 Å². The standard InChI is InChI=1S/C14H29N3O/c1-6-9-14(18)17(12-7-10-15(2)3)13-8-11-16(4)5/h6,9H,7-8,10-13H2,1-5H3. The maximum atomic E-state index is 11.9. The van der Waals surface area contributed by atoms with Crippen molar-refractivity contribution >= 4 is 5.91 Å². The van der Waals surface area contributed by atoms with Crippen LogP contribution in [-0.4, -0.2) is 75.0 Å². The molecular weight excluding hydrogens is 226 g/mol. The first-order valence-corrected chi connectivity index (χ1v) is 6.68. The Labute approximate surface area is 112 Å². The summed E-state index contributed by atoms with van der Waals surface area (Å²) >= 11 is 0. The number of amides is 1. The lowest BCUT2D eigenvalue weighted by atomic mass is 10.3. The van der Waals surface area contributed by atoms with Crippen molar-refractivity contribution in [3.63, 3.8) is 0 Å². The third kappa shape index (κ3) is 9.19. The molecule has 0 aromatic rings. The van der Waals surface area contributed by atoms with E-state index >= 15 is 0 Å². The third-order valence-electron chi connectivity index (χ3n) is 2.69. The highest BCUT2D eigenvalue weighted by molar-refractivity contribution is 5.87. The Hall–Kier alpha value is -0.870. The summed E-state index contributed by atoms with van der Waals surface area (Å²) in [6.07, 6.45) is 5.52. The Morgan fingerprint density at radius 1 is 0.889 bits per heavy atom. The molecule has 0 unspecified atom stereocenters. The molecule has 0 aliphatic rings. The molecule has 0 N–H and O–H groups in total. The van der Waals surface area contributed by atoms with Crippen molar-refractivity contribution in [1.29, 1.82) is 0 Å². The first-order chi connectivity index (χ1) is 8.47. The van der Waals surface area contributed by atoms with Crippen LogP contribution >= 0.6 is 0 Å². The number of nitrogens with zero attached hydrogens (tertiary/aromatic N) is 3. The molecule has 0 radical (unpaired) electrons. The van der Waals surface area contributed by atoms with E-state index in [0.717, 1.165) is 39.0 Å². The van der Waals surface area contributed by atoms with Gasteiger partial charge in [-0.2, -0.15) is 0 Å². The minimum absolute atomic E-state index is 0.134. The minimum Gasteiger partial charge on any atom is -0.339 e. The second-order valence-corrected chi connectivity index (χ2v) is 5.14. The topological polar surface area (TPSA) is 26.8 Å². The van der Waals surface area contributed by atoms with Crippen molar-refractivity contribution in [3.05, 3.63) is 12.2 Å². The number of allylic oxidation sites excluding steroid dienone is 1. The Balaban J connectivity index is 4.12. The van der Waals surface area contributed by atoms with E-state index in [1.807, 2.05) is 17.9 Å². The molecule has 0 bridgehead atoms. The van der Waals surface area contributed by atoms with E-state index in [1.54, 1.807) is 6.08 Å². The van der Waals surface area contributed by atoms with Gasteiger partial charge in [0.1, 0.15) is 0 Å². The zero-order chi connectivity index (χ0) is 14.0. The number of carbonyl (C=O) groups is 1. The Bertz CT molecular complexity index is 235. The lowest BCUT2D eigenvalue weighted by molar-refractivity contribution is -0.126. The van der Waals surface area contributed by atoms with Crippen LogP contribution in [0, 0.1) is 0 Å². The molecule has 0 spiro atoms. The molecule has 0 aliphatic heterocycles. The summed E-state index contributed by atoms with van der Waals surface area (Å²) < 4.78 is 0. The van der Waals surface area contributed by atoms with Gasteiger partial charge < -0.3 is 14.7 Å². The van der Waals surface area contributed by atoms with E-state index in [0.29, 0.717) is 0 Å². The smallest absolute Gasteiger partial charge is 0.246 e. The molecule has 0 aromatic heterocycles. The molecule has 106 valence electrons. The van der Waals surface area contributed by atoms with Crippen molar-refractivity contribution in [2.75, 3.05) is 54.4 Å². The molecule has 0 saturated heterocycles. The van der Waals surface area contributed by atoms with Crippen LogP contribution in [0.25, 0.3) is 0 Å². The van der Waals surface area contributed by atoms with Gasteiger partial charge in [0, 0.05) is 13.1 Å². The average Bonchev–Trinajstić information content (AvgIpc) is 2.26. The molecule has 4 nitrogen and oxygen atoms in total. The van der Waals surface area contributed by atoms with E-state index in [2.05, 4.69) is 38.0 Å². The van der Waals surface area contributed by atoms with Gasteiger partial charge in [0.25, 0.3) is 0 Å². The molecule has 0 fully saturated rings. The third-order valence-corrected chi connectivity index (χ3v) is 2.69. The molecule has 0 aliphatic carbocycles. The van der Waals surface area contributed by atoms with E-state index in [4.69, 9.17) is 0 Å². The lowest BCUT2D eigenvalue weighted by Gasteiger charge is -2.23. The lowest BCUT2D eigenvalue weighted by Crippen LogP contribution is -2.34. The summed E-state index contributed by atoms with van der Waals surface area (Å²) in [5.41, 5.74) is 0. The van der Waals surface area contributed by atoms with Crippen LogP contribution in [0.4, 0.5) is 0 Å². The fraction of sp³-hybridized carbons (Fsp3) is 0.786. The second kappa shape index (κ2) is 10.1.